The molecule has 0 saturated carbocycles. The Morgan fingerprint density at radius 3 is 2.48 bits per heavy atom. The Morgan fingerprint density at radius 2 is 1.83 bits per heavy atom. The molecule has 150 valence electrons. The SMILES string of the molecule is Cc1occc1C(=O)Nc1cc(NC(=O)C(C)NC(=O)c2ccoc2)ccc1F. The summed E-state index contributed by atoms with van der Waals surface area (Å²) < 4.78 is 24.0. The van der Waals surface area contributed by atoms with Crippen LogP contribution in [0.15, 0.2) is 58.0 Å². The van der Waals surface area contributed by atoms with Gasteiger partial charge in [0.05, 0.1) is 29.3 Å². The monoisotopic (exact) mass is 399 g/mol. The molecule has 1 atom stereocenters. The Bertz CT molecular complexity index is 1040. The average molecular weight is 399 g/mol. The highest BCUT2D eigenvalue weighted by Crippen LogP contribution is 2.21. The third-order valence-corrected chi connectivity index (χ3v) is 4.11. The zero-order chi connectivity index (χ0) is 21.0. The molecule has 0 saturated heterocycles. The van der Waals surface area contributed by atoms with Gasteiger partial charge in [0.15, 0.2) is 0 Å². The minimum atomic E-state index is -0.867. The number of hydrogen-bond acceptors (Lipinski definition) is 5. The molecule has 2 heterocycles. The standard InChI is InChI=1S/C20H18FN3O5/c1-11(22-19(26)13-5-7-28-10-13)18(25)23-14-3-4-16(21)17(9-14)24-20(27)15-6-8-29-12(15)2/h3-11H,1-2H3,(H,22,26)(H,23,25)(H,24,27). The number of carbonyl (C=O) groups is 3. The van der Waals surface area contributed by atoms with Gasteiger partial charge >= 0.3 is 0 Å². The molecule has 2 aromatic heterocycles. The number of halogens is 1. The largest absolute Gasteiger partial charge is 0.472 e. The summed E-state index contributed by atoms with van der Waals surface area (Å²) in [5.41, 5.74) is 0.698. The number of rotatable bonds is 6. The van der Waals surface area contributed by atoms with Crippen molar-refractivity contribution in [3.63, 3.8) is 0 Å². The van der Waals surface area contributed by atoms with Gasteiger partial charge in [-0.1, -0.05) is 0 Å². The molecule has 0 fully saturated rings. The van der Waals surface area contributed by atoms with Gasteiger partial charge in [0, 0.05) is 5.69 Å². The summed E-state index contributed by atoms with van der Waals surface area (Å²) in [6.45, 7) is 3.11. The number of benzene rings is 1. The van der Waals surface area contributed by atoms with Gasteiger partial charge in [0.25, 0.3) is 11.8 Å². The molecule has 3 amide bonds. The smallest absolute Gasteiger partial charge is 0.259 e. The summed E-state index contributed by atoms with van der Waals surface area (Å²) in [6, 6.07) is 5.81. The van der Waals surface area contributed by atoms with Crippen LogP contribution in [0.3, 0.4) is 0 Å². The van der Waals surface area contributed by atoms with Crippen molar-refractivity contribution in [2.24, 2.45) is 0 Å². The van der Waals surface area contributed by atoms with Crippen LogP contribution in [0.1, 0.15) is 33.4 Å². The van der Waals surface area contributed by atoms with E-state index in [1.54, 1.807) is 6.92 Å². The summed E-state index contributed by atoms with van der Waals surface area (Å²) in [5, 5.41) is 7.53. The topological polar surface area (TPSA) is 114 Å². The first-order chi connectivity index (χ1) is 13.8. The first-order valence-electron chi connectivity index (χ1n) is 8.64. The van der Waals surface area contributed by atoms with E-state index in [0.29, 0.717) is 5.76 Å². The molecule has 1 aromatic carbocycles. The van der Waals surface area contributed by atoms with Gasteiger partial charge in [-0.25, -0.2) is 4.39 Å². The van der Waals surface area contributed by atoms with Crippen molar-refractivity contribution in [1.29, 1.82) is 0 Å². The highest BCUT2D eigenvalue weighted by atomic mass is 19.1. The van der Waals surface area contributed by atoms with Crippen molar-refractivity contribution in [3.8, 4) is 0 Å². The molecule has 3 rings (SSSR count). The Balaban J connectivity index is 1.65. The van der Waals surface area contributed by atoms with E-state index in [1.807, 2.05) is 0 Å². The first kappa shape index (κ1) is 19.9. The van der Waals surface area contributed by atoms with E-state index in [9.17, 15) is 18.8 Å². The molecule has 0 aliphatic rings. The summed E-state index contributed by atoms with van der Waals surface area (Å²) >= 11 is 0. The molecule has 0 spiro atoms. The number of furan rings is 2. The van der Waals surface area contributed by atoms with E-state index in [-0.39, 0.29) is 22.5 Å². The maximum atomic E-state index is 14.1. The maximum absolute atomic E-state index is 14.1. The molecule has 0 radical (unpaired) electrons. The van der Waals surface area contributed by atoms with Crippen LogP contribution >= 0.6 is 0 Å². The van der Waals surface area contributed by atoms with Crippen molar-refractivity contribution >= 4 is 29.1 Å². The molecule has 0 aliphatic carbocycles. The fraction of sp³-hybridized carbons (Fsp3) is 0.150. The molecule has 0 aliphatic heterocycles. The van der Waals surface area contributed by atoms with Crippen LogP contribution < -0.4 is 16.0 Å². The second-order valence-electron chi connectivity index (χ2n) is 6.24. The lowest BCUT2D eigenvalue weighted by atomic mass is 10.2. The minimum Gasteiger partial charge on any atom is -0.472 e. The Kier molecular flexibility index (Phi) is 5.77. The van der Waals surface area contributed by atoms with E-state index < -0.39 is 29.6 Å². The summed E-state index contributed by atoms with van der Waals surface area (Å²) in [5.74, 6) is -1.80. The van der Waals surface area contributed by atoms with Crippen LogP contribution in [0.5, 0.6) is 0 Å². The van der Waals surface area contributed by atoms with Crippen LogP contribution in [0.25, 0.3) is 0 Å². The van der Waals surface area contributed by atoms with Crippen LogP contribution in [0.2, 0.25) is 0 Å². The molecular formula is C20H18FN3O5. The average Bonchev–Trinajstić information content (AvgIpc) is 3.36. The molecule has 29 heavy (non-hydrogen) atoms. The van der Waals surface area contributed by atoms with Crippen LogP contribution in [-0.4, -0.2) is 23.8 Å². The number of carbonyl (C=O) groups excluding carboxylic acids is 3. The van der Waals surface area contributed by atoms with Crippen LogP contribution in [-0.2, 0) is 4.79 Å². The van der Waals surface area contributed by atoms with Crippen LogP contribution in [0, 0.1) is 12.7 Å². The molecular weight excluding hydrogens is 381 g/mol. The van der Waals surface area contributed by atoms with Gasteiger partial charge in [-0.05, 0) is 44.2 Å². The predicted octanol–water partition coefficient (Wildman–Crippen LogP) is 3.33. The summed E-state index contributed by atoms with van der Waals surface area (Å²) in [7, 11) is 0. The molecule has 8 nitrogen and oxygen atoms in total. The van der Waals surface area contributed by atoms with E-state index in [0.717, 1.165) is 6.07 Å². The minimum absolute atomic E-state index is 0.108. The van der Waals surface area contributed by atoms with Gasteiger partial charge in [-0.15, -0.1) is 0 Å². The van der Waals surface area contributed by atoms with Gasteiger partial charge in [-0.2, -0.15) is 0 Å². The fourth-order valence-electron chi connectivity index (χ4n) is 2.50. The summed E-state index contributed by atoms with van der Waals surface area (Å²) in [6.07, 6.45) is 3.96. The highest BCUT2D eigenvalue weighted by molar-refractivity contribution is 6.05. The van der Waals surface area contributed by atoms with Crippen molar-refractivity contribution in [2.45, 2.75) is 19.9 Å². The summed E-state index contributed by atoms with van der Waals surface area (Å²) in [4.78, 5) is 36.5. The number of anilines is 2. The second kappa shape index (κ2) is 8.42. The van der Waals surface area contributed by atoms with Gasteiger partial charge in [0.1, 0.15) is 23.9 Å². The molecule has 9 heteroatoms. The fourth-order valence-corrected chi connectivity index (χ4v) is 2.50. The van der Waals surface area contributed by atoms with Gasteiger partial charge in [-0.3, -0.25) is 14.4 Å². The highest BCUT2D eigenvalue weighted by Gasteiger charge is 2.19. The zero-order valence-corrected chi connectivity index (χ0v) is 15.6. The number of nitrogens with one attached hydrogen (secondary N) is 3. The van der Waals surface area contributed by atoms with E-state index in [4.69, 9.17) is 8.83 Å². The second-order valence-corrected chi connectivity index (χ2v) is 6.24. The zero-order valence-electron chi connectivity index (χ0n) is 15.6. The molecule has 0 bridgehead atoms. The lowest BCUT2D eigenvalue weighted by Crippen LogP contribution is -2.41. The maximum Gasteiger partial charge on any atom is 0.259 e. The third kappa shape index (κ3) is 4.70. The lowest BCUT2D eigenvalue weighted by molar-refractivity contribution is -0.117. The Hall–Kier alpha value is -3.88. The Morgan fingerprint density at radius 1 is 1.03 bits per heavy atom. The van der Waals surface area contributed by atoms with Crippen molar-refractivity contribution in [2.75, 3.05) is 10.6 Å². The first-order valence-corrected chi connectivity index (χ1v) is 8.64. The predicted molar refractivity (Wildman–Crippen MR) is 102 cm³/mol. The van der Waals surface area contributed by atoms with Crippen molar-refractivity contribution in [1.82, 2.24) is 5.32 Å². The number of hydrogen-bond donors (Lipinski definition) is 3. The van der Waals surface area contributed by atoms with Crippen molar-refractivity contribution in [3.05, 3.63) is 71.8 Å². The normalized spacial score (nSPS) is 11.6. The van der Waals surface area contributed by atoms with Gasteiger partial charge in [0.2, 0.25) is 5.91 Å². The van der Waals surface area contributed by atoms with E-state index in [1.165, 1.54) is 50.0 Å². The van der Waals surface area contributed by atoms with E-state index in [2.05, 4.69) is 16.0 Å². The third-order valence-electron chi connectivity index (χ3n) is 4.11. The Labute approximate surface area is 165 Å². The quantitative estimate of drug-likeness (QED) is 0.588. The number of aryl methyl sites for hydroxylation is 1. The number of amides is 3. The van der Waals surface area contributed by atoms with Gasteiger partial charge < -0.3 is 24.8 Å². The molecule has 1 unspecified atom stereocenters. The molecule has 3 N–H and O–H groups in total. The van der Waals surface area contributed by atoms with Crippen molar-refractivity contribution < 1.29 is 27.6 Å². The molecule has 3 aromatic rings. The lowest BCUT2D eigenvalue weighted by Gasteiger charge is -2.14. The van der Waals surface area contributed by atoms with E-state index >= 15 is 0 Å². The van der Waals surface area contributed by atoms with Crippen LogP contribution in [0.4, 0.5) is 15.8 Å².